The molecule has 7 heteroatoms. The number of hydrogen-bond donors (Lipinski definition) is 1. The number of methoxy groups -OCH3 is 1. The van der Waals surface area contributed by atoms with Crippen LogP contribution in [0.5, 0.6) is 23.3 Å². The highest BCUT2D eigenvalue weighted by atomic mass is 16.5. The highest BCUT2D eigenvalue weighted by Gasteiger charge is 2.08. The Hall–Kier alpha value is -3.87. The Kier molecular flexibility index (Phi) is 7.22. The van der Waals surface area contributed by atoms with Gasteiger partial charge in [0, 0.05) is 24.2 Å². The lowest BCUT2D eigenvalue weighted by Crippen LogP contribution is -2.09. The molecule has 1 amide bonds. The predicted octanol–water partition coefficient (Wildman–Crippen LogP) is 5.03. The summed E-state index contributed by atoms with van der Waals surface area (Å²) in [4.78, 5) is 20.4. The lowest BCUT2D eigenvalue weighted by Gasteiger charge is -2.13. The Morgan fingerprint density at radius 2 is 1.84 bits per heavy atom. The van der Waals surface area contributed by atoms with E-state index in [2.05, 4.69) is 15.3 Å². The Labute approximate surface area is 181 Å². The van der Waals surface area contributed by atoms with Crippen LogP contribution in [0.3, 0.4) is 0 Å². The molecule has 7 nitrogen and oxygen atoms in total. The van der Waals surface area contributed by atoms with Gasteiger partial charge >= 0.3 is 6.01 Å². The number of aryl methyl sites for hydroxylation is 1. The van der Waals surface area contributed by atoms with E-state index in [9.17, 15) is 4.79 Å². The number of anilines is 1. The van der Waals surface area contributed by atoms with Gasteiger partial charge in [0.2, 0.25) is 5.91 Å². The molecule has 0 saturated heterocycles. The molecular weight excluding hydrogens is 394 g/mol. The van der Waals surface area contributed by atoms with E-state index in [0.717, 1.165) is 11.1 Å². The van der Waals surface area contributed by atoms with Gasteiger partial charge in [-0.3, -0.25) is 4.79 Å². The normalized spacial score (nSPS) is 10.9. The largest absolute Gasteiger partial charge is 0.493 e. The monoisotopic (exact) mass is 419 g/mol. The maximum Gasteiger partial charge on any atom is 0.321 e. The van der Waals surface area contributed by atoms with Crippen molar-refractivity contribution in [1.29, 1.82) is 0 Å². The topological polar surface area (TPSA) is 82.6 Å². The van der Waals surface area contributed by atoms with Gasteiger partial charge < -0.3 is 19.5 Å². The average molecular weight is 419 g/mol. The van der Waals surface area contributed by atoms with Crippen LogP contribution in [0, 0.1) is 6.92 Å². The molecule has 0 saturated carbocycles. The Bertz CT molecular complexity index is 1070. The second-order valence-corrected chi connectivity index (χ2v) is 7.01. The third kappa shape index (κ3) is 6.30. The summed E-state index contributed by atoms with van der Waals surface area (Å²) < 4.78 is 16.7. The van der Waals surface area contributed by atoms with E-state index in [4.69, 9.17) is 14.2 Å². The highest BCUT2D eigenvalue weighted by molar-refractivity contribution is 6.02. The summed E-state index contributed by atoms with van der Waals surface area (Å²) in [5, 5.41) is 2.87. The highest BCUT2D eigenvalue weighted by Crippen LogP contribution is 2.29. The summed E-state index contributed by atoms with van der Waals surface area (Å²) in [6, 6.07) is 12.8. The molecule has 1 aromatic heterocycles. The van der Waals surface area contributed by atoms with Crippen LogP contribution in [0.15, 0.2) is 60.9 Å². The third-order valence-electron chi connectivity index (χ3n) is 4.18. The van der Waals surface area contributed by atoms with E-state index in [-0.39, 0.29) is 18.0 Å². The fourth-order valence-corrected chi connectivity index (χ4v) is 2.77. The minimum atomic E-state index is -0.246. The van der Waals surface area contributed by atoms with E-state index in [1.165, 1.54) is 6.08 Å². The molecular formula is C24H25N3O4. The van der Waals surface area contributed by atoms with Gasteiger partial charge in [0.05, 0.1) is 13.2 Å². The number of aromatic nitrogens is 2. The fraction of sp³-hybridized carbons (Fsp3) is 0.208. The summed E-state index contributed by atoms with van der Waals surface area (Å²) in [6.07, 6.45) is 6.45. The van der Waals surface area contributed by atoms with Gasteiger partial charge in [0.1, 0.15) is 5.75 Å². The minimum absolute atomic E-state index is 0.0429. The summed E-state index contributed by atoms with van der Waals surface area (Å²) in [5.41, 5.74) is 2.37. The van der Waals surface area contributed by atoms with Crippen LogP contribution in [0.4, 0.5) is 5.69 Å². The van der Waals surface area contributed by atoms with Crippen molar-refractivity contribution in [3.63, 3.8) is 0 Å². The number of carbonyl (C=O) groups is 1. The molecule has 0 aliphatic rings. The average Bonchev–Trinajstić information content (AvgIpc) is 2.75. The second kappa shape index (κ2) is 10.2. The van der Waals surface area contributed by atoms with Crippen LogP contribution < -0.4 is 19.5 Å². The lowest BCUT2D eigenvalue weighted by atomic mass is 10.1. The molecule has 0 unspecified atom stereocenters. The van der Waals surface area contributed by atoms with Crippen LogP contribution in [0.25, 0.3) is 6.08 Å². The van der Waals surface area contributed by atoms with E-state index in [0.29, 0.717) is 22.9 Å². The zero-order valence-corrected chi connectivity index (χ0v) is 18.0. The molecule has 0 aliphatic heterocycles. The molecule has 0 atom stereocenters. The number of benzene rings is 2. The van der Waals surface area contributed by atoms with E-state index < -0.39 is 0 Å². The Morgan fingerprint density at radius 3 is 2.52 bits per heavy atom. The quantitative estimate of drug-likeness (QED) is 0.516. The zero-order chi connectivity index (χ0) is 22.2. The number of rotatable bonds is 8. The van der Waals surface area contributed by atoms with Crippen LogP contribution in [0.2, 0.25) is 0 Å². The molecule has 3 aromatic rings. The molecule has 3 rings (SSSR count). The number of amides is 1. The minimum Gasteiger partial charge on any atom is -0.493 e. The number of nitrogens with one attached hydrogen (secondary N) is 1. The first-order valence-corrected chi connectivity index (χ1v) is 9.84. The van der Waals surface area contributed by atoms with Crippen molar-refractivity contribution >= 4 is 17.7 Å². The fourth-order valence-electron chi connectivity index (χ4n) is 2.77. The summed E-state index contributed by atoms with van der Waals surface area (Å²) >= 11 is 0. The Morgan fingerprint density at radius 1 is 1.06 bits per heavy atom. The van der Waals surface area contributed by atoms with Crippen molar-refractivity contribution < 1.29 is 19.0 Å². The number of nitrogens with zero attached hydrogens (tertiary/aromatic N) is 2. The maximum absolute atomic E-state index is 12.4. The molecule has 1 heterocycles. The number of ether oxygens (including phenoxy) is 3. The van der Waals surface area contributed by atoms with E-state index >= 15 is 0 Å². The van der Waals surface area contributed by atoms with E-state index in [1.54, 1.807) is 43.8 Å². The summed E-state index contributed by atoms with van der Waals surface area (Å²) in [5.74, 6) is 1.63. The predicted molar refractivity (Wildman–Crippen MR) is 120 cm³/mol. The second-order valence-electron chi connectivity index (χ2n) is 7.01. The van der Waals surface area contributed by atoms with Crippen molar-refractivity contribution in [3.05, 3.63) is 72.1 Å². The van der Waals surface area contributed by atoms with Crippen LogP contribution >= 0.6 is 0 Å². The van der Waals surface area contributed by atoms with Gasteiger partial charge in [-0.25, -0.2) is 9.97 Å². The molecule has 0 fully saturated rings. The summed E-state index contributed by atoms with van der Waals surface area (Å²) in [7, 11) is 1.59. The molecule has 31 heavy (non-hydrogen) atoms. The van der Waals surface area contributed by atoms with Crippen LogP contribution in [-0.4, -0.2) is 29.1 Å². The van der Waals surface area contributed by atoms with Crippen molar-refractivity contribution in [2.75, 3.05) is 12.4 Å². The van der Waals surface area contributed by atoms with Crippen LogP contribution in [0.1, 0.15) is 25.0 Å². The van der Waals surface area contributed by atoms with Gasteiger partial charge in [-0.2, -0.15) is 0 Å². The first kappa shape index (κ1) is 21.8. The maximum atomic E-state index is 12.4. The first-order chi connectivity index (χ1) is 14.9. The third-order valence-corrected chi connectivity index (χ3v) is 4.18. The molecule has 2 aromatic carbocycles. The first-order valence-electron chi connectivity index (χ1n) is 9.84. The van der Waals surface area contributed by atoms with Crippen molar-refractivity contribution in [1.82, 2.24) is 9.97 Å². The van der Waals surface area contributed by atoms with Crippen LogP contribution in [-0.2, 0) is 4.79 Å². The van der Waals surface area contributed by atoms with Crippen molar-refractivity contribution in [2.24, 2.45) is 0 Å². The van der Waals surface area contributed by atoms with Gasteiger partial charge in [-0.15, -0.1) is 0 Å². The molecule has 0 aliphatic carbocycles. The molecule has 160 valence electrons. The van der Waals surface area contributed by atoms with E-state index in [1.807, 2.05) is 45.0 Å². The number of carbonyl (C=O) groups excluding carboxylic acids is 1. The van der Waals surface area contributed by atoms with Crippen molar-refractivity contribution in [3.8, 4) is 23.3 Å². The summed E-state index contributed by atoms with van der Waals surface area (Å²) in [6.45, 7) is 5.79. The molecule has 1 N–H and O–H groups in total. The molecule has 0 radical (unpaired) electrons. The Balaban J connectivity index is 1.64. The van der Waals surface area contributed by atoms with Gasteiger partial charge in [0.15, 0.2) is 11.5 Å². The van der Waals surface area contributed by atoms with Gasteiger partial charge in [0.25, 0.3) is 0 Å². The number of hydrogen-bond acceptors (Lipinski definition) is 6. The lowest BCUT2D eigenvalue weighted by molar-refractivity contribution is -0.111. The molecule has 0 spiro atoms. The molecule has 0 bridgehead atoms. The van der Waals surface area contributed by atoms with Gasteiger partial charge in [-0.1, -0.05) is 6.07 Å². The zero-order valence-electron chi connectivity index (χ0n) is 18.0. The smallest absolute Gasteiger partial charge is 0.321 e. The standard InChI is InChI=1S/C24H25N3O4/c1-16(2)30-21-10-6-18(15-22(21)29-4)7-11-23(28)27-20-9-8-19(14-17(20)3)31-24-25-12-5-13-26-24/h5-16H,1-4H3,(H,27,28)/b11-7+. The van der Waals surface area contributed by atoms with Crippen molar-refractivity contribution in [2.45, 2.75) is 26.9 Å². The van der Waals surface area contributed by atoms with Gasteiger partial charge in [-0.05, 0) is 74.4 Å². The SMILES string of the molecule is COc1cc(/C=C/C(=O)Nc2ccc(Oc3ncccn3)cc2C)ccc1OC(C)C.